The zero-order valence-electron chi connectivity index (χ0n) is 18.7. The van der Waals surface area contributed by atoms with Crippen molar-refractivity contribution in [1.29, 1.82) is 0 Å². The third-order valence-corrected chi connectivity index (χ3v) is 4.61. The summed E-state index contributed by atoms with van der Waals surface area (Å²) in [6.45, 7) is 11.3. The van der Waals surface area contributed by atoms with Crippen LogP contribution in [0.4, 0.5) is 0 Å². The summed E-state index contributed by atoms with van der Waals surface area (Å²) in [4.78, 5) is 12.5. The number of benzene rings is 2. The first kappa shape index (κ1) is 25.3. The topological polar surface area (TPSA) is 78.4 Å². The summed E-state index contributed by atoms with van der Waals surface area (Å²) in [5, 5.41) is 4.07. The minimum absolute atomic E-state index is 0.345. The summed E-state index contributed by atoms with van der Waals surface area (Å²) in [5.74, 6) is 1.92. The van der Waals surface area contributed by atoms with E-state index < -0.39 is 0 Å². The van der Waals surface area contributed by atoms with E-state index in [1.807, 2.05) is 32.9 Å². The van der Waals surface area contributed by atoms with Gasteiger partial charge in [0.25, 0.3) is 5.91 Å². The Morgan fingerprint density at radius 2 is 1.78 bits per heavy atom. The Bertz CT molecular complexity index is 946. The molecule has 32 heavy (non-hydrogen) atoms. The molecule has 0 unspecified atom stereocenters. The predicted octanol–water partition coefficient (Wildman–Crippen LogP) is 5.36. The molecule has 0 aliphatic carbocycles. The van der Waals surface area contributed by atoms with Crippen molar-refractivity contribution in [3.63, 3.8) is 0 Å². The molecule has 0 aliphatic rings. The van der Waals surface area contributed by atoms with Gasteiger partial charge in [-0.15, -0.1) is 0 Å². The Morgan fingerprint density at radius 3 is 2.47 bits per heavy atom. The first-order chi connectivity index (χ1) is 15.5. The van der Waals surface area contributed by atoms with E-state index in [-0.39, 0.29) is 5.91 Å². The van der Waals surface area contributed by atoms with Crippen molar-refractivity contribution in [1.82, 2.24) is 5.43 Å². The number of amides is 1. The first-order valence-electron chi connectivity index (χ1n) is 10.5. The SMILES string of the molecule is C=CCOc1ccc(C(=O)N/N=C/c2cc(Br)c(OCCC)c(OCC)c2)cc1OCC. The van der Waals surface area contributed by atoms with Crippen LogP contribution in [0.5, 0.6) is 23.0 Å². The Morgan fingerprint density at radius 1 is 1.03 bits per heavy atom. The van der Waals surface area contributed by atoms with Crippen LogP contribution >= 0.6 is 15.9 Å². The van der Waals surface area contributed by atoms with Crippen molar-refractivity contribution in [2.45, 2.75) is 27.2 Å². The van der Waals surface area contributed by atoms with Gasteiger partial charge in [-0.25, -0.2) is 5.43 Å². The molecule has 8 heteroatoms. The molecule has 2 aromatic carbocycles. The van der Waals surface area contributed by atoms with Crippen LogP contribution in [-0.2, 0) is 0 Å². The van der Waals surface area contributed by atoms with Crippen LogP contribution in [0.3, 0.4) is 0 Å². The summed E-state index contributed by atoms with van der Waals surface area (Å²) in [5.41, 5.74) is 3.67. The molecule has 1 N–H and O–H groups in total. The van der Waals surface area contributed by atoms with Crippen LogP contribution in [0, 0.1) is 0 Å². The van der Waals surface area contributed by atoms with Gasteiger partial charge in [-0.3, -0.25) is 4.79 Å². The molecule has 0 fully saturated rings. The van der Waals surface area contributed by atoms with Gasteiger partial charge in [0, 0.05) is 5.56 Å². The lowest BCUT2D eigenvalue weighted by atomic mass is 10.2. The van der Waals surface area contributed by atoms with E-state index in [4.69, 9.17) is 18.9 Å². The van der Waals surface area contributed by atoms with Crippen molar-refractivity contribution in [3.8, 4) is 23.0 Å². The molecule has 0 aliphatic heterocycles. The third-order valence-electron chi connectivity index (χ3n) is 4.02. The van der Waals surface area contributed by atoms with E-state index in [1.165, 1.54) is 0 Å². The number of hydrazone groups is 1. The van der Waals surface area contributed by atoms with Gasteiger partial charge in [0.15, 0.2) is 23.0 Å². The lowest BCUT2D eigenvalue weighted by molar-refractivity contribution is 0.0954. The van der Waals surface area contributed by atoms with Gasteiger partial charge in [-0.1, -0.05) is 19.6 Å². The van der Waals surface area contributed by atoms with Gasteiger partial charge in [-0.05, 0) is 72.1 Å². The summed E-state index contributed by atoms with van der Waals surface area (Å²) < 4.78 is 23.4. The minimum Gasteiger partial charge on any atom is -0.490 e. The number of carbonyl (C=O) groups excluding carboxylic acids is 1. The average Bonchev–Trinajstić information content (AvgIpc) is 2.78. The fourth-order valence-corrected chi connectivity index (χ4v) is 3.26. The van der Waals surface area contributed by atoms with E-state index in [1.54, 1.807) is 30.5 Å². The van der Waals surface area contributed by atoms with Crippen molar-refractivity contribution < 1.29 is 23.7 Å². The number of hydrogen-bond donors (Lipinski definition) is 1. The summed E-state index contributed by atoms with van der Waals surface area (Å²) in [7, 11) is 0. The Kier molecular flexibility index (Phi) is 10.6. The summed E-state index contributed by atoms with van der Waals surface area (Å²) >= 11 is 3.52. The van der Waals surface area contributed by atoms with E-state index in [2.05, 4.69) is 33.0 Å². The van der Waals surface area contributed by atoms with Crippen LogP contribution in [-0.4, -0.2) is 38.5 Å². The summed E-state index contributed by atoms with van der Waals surface area (Å²) in [6.07, 6.45) is 4.07. The van der Waals surface area contributed by atoms with Gasteiger partial charge < -0.3 is 18.9 Å². The molecule has 0 aromatic heterocycles. The lowest BCUT2D eigenvalue weighted by Crippen LogP contribution is -2.17. The van der Waals surface area contributed by atoms with Crippen molar-refractivity contribution in [2.24, 2.45) is 5.10 Å². The Hall–Kier alpha value is -3.00. The first-order valence-corrected chi connectivity index (χ1v) is 11.3. The quantitative estimate of drug-likeness (QED) is 0.225. The Labute approximate surface area is 197 Å². The van der Waals surface area contributed by atoms with E-state index in [0.717, 1.165) is 16.5 Å². The average molecular weight is 505 g/mol. The molecule has 172 valence electrons. The van der Waals surface area contributed by atoms with Crippen molar-refractivity contribution in [2.75, 3.05) is 26.4 Å². The van der Waals surface area contributed by atoms with Crippen LogP contribution in [0.25, 0.3) is 0 Å². The largest absolute Gasteiger partial charge is 0.490 e. The zero-order valence-corrected chi connectivity index (χ0v) is 20.2. The maximum Gasteiger partial charge on any atom is 0.271 e. The zero-order chi connectivity index (χ0) is 23.3. The predicted molar refractivity (Wildman–Crippen MR) is 129 cm³/mol. The highest BCUT2D eigenvalue weighted by molar-refractivity contribution is 9.10. The molecule has 0 saturated heterocycles. The maximum absolute atomic E-state index is 12.5. The second-order valence-corrected chi connectivity index (χ2v) is 7.36. The van der Waals surface area contributed by atoms with Gasteiger partial charge in [0.05, 0.1) is 30.5 Å². The molecule has 2 rings (SSSR count). The number of nitrogens with one attached hydrogen (secondary N) is 1. The van der Waals surface area contributed by atoms with Crippen molar-refractivity contribution in [3.05, 3.63) is 58.6 Å². The number of rotatable bonds is 13. The molecule has 0 saturated carbocycles. The van der Waals surface area contributed by atoms with Gasteiger partial charge in [-0.2, -0.15) is 5.10 Å². The molecule has 0 spiro atoms. The van der Waals surface area contributed by atoms with Gasteiger partial charge in [0.2, 0.25) is 0 Å². The molecule has 0 radical (unpaired) electrons. The van der Waals surface area contributed by atoms with Crippen LogP contribution in [0.2, 0.25) is 0 Å². The normalized spacial score (nSPS) is 10.6. The van der Waals surface area contributed by atoms with Gasteiger partial charge in [0.1, 0.15) is 6.61 Å². The highest BCUT2D eigenvalue weighted by Gasteiger charge is 2.13. The number of ether oxygens (including phenoxy) is 4. The number of carbonyl (C=O) groups is 1. The minimum atomic E-state index is -0.371. The monoisotopic (exact) mass is 504 g/mol. The van der Waals surface area contributed by atoms with E-state index in [9.17, 15) is 4.79 Å². The molecule has 0 heterocycles. The molecule has 0 atom stereocenters. The maximum atomic E-state index is 12.5. The summed E-state index contributed by atoms with van der Waals surface area (Å²) in [6, 6.07) is 8.62. The molecule has 0 bridgehead atoms. The fourth-order valence-electron chi connectivity index (χ4n) is 2.69. The Balaban J connectivity index is 2.14. The van der Waals surface area contributed by atoms with Crippen LogP contribution in [0.1, 0.15) is 43.1 Å². The highest BCUT2D eigenvalue weighted by atomic mass is 79.9. The molecule has 2 aromatic rings. The van der Waals surface area contributed by atoms with Gasteiger partial charge >= 0.3 is 0 Å². The lowest BCUT2D eigenvalue weighted by Gasteiger charge is -2.14. The van der Waals surface area contributed by atoms with E-state index >= 15 is 0 Å². The second kappa shape index (κ2) is 13.4. The standard InChI is InChI=1S/C24H29BrN2O5/c1-5-11-31-20-10-9-18(15-21(20)29-7-3)24(28)27-26-16-17-13-19(25)23(32-12-6-2)22(14-17)30-8-4/h5,9-10,13-16H,1,6-8,11-12H2,2-4H3,(H,27,28)/b26-16+. The smallest absolute Gasteiger partial charge is 0.271 e. The molecule has 1 amide bonds. The fraction of sp³-hybridized carbons (Fsp3) is 0.333. The van der Waals surface area contributed by atoms with Crippen LogP contribution < -0.4 is 24.4 Å². The number of halogens is 1. The molecule has 7 nitrogen and oxygen atoms in total. The van der Waals surface area contributed by atoms with Crippen LogP contribution in [0.15, 0.2) is 52.6 Å². The second-order valence-electron chi connectivity index (χ2n) is 6.50. The molecular weight excluding hydrogens is 476 g/mol. The van der Waals surface area contributed by atoms with Crippen molar-refractivity contribution >= 4 is 28.1 Å². The highest BCUT2D eigenvalue weighted by Crippen LogP contribution is 2.36. The molecular formula is C24H29BrN2O5. The van der Waals surface area contributed by atoms with E-state index in [0.29, 0.717) is 55.0 Å². The number of hydrogen-bond acceptors (Lipinski definition) is 6. The third kappa shape index (κ3) is 7.30. The number of nitrogens with zero attached hydrogens (tertiary/aromatic N) is 1.